The number of aliphatic hydroxyl groups is 1. The Morgan fingerprint density at radius 3 is 2.09 bits per heavy atom. The van der Waals surface area contributed by atoms with Crippen LogP contribution >= 0.6 is 0 Å². The molecule has 11 heavy (non-hydrogen) atoms. The van der Waals surface area contributed by atoms with Gasteiger partial charge in [0.1, 0.15) is 0 Å². The van der Waals surface area contributed by atoms with E-state index in [-0.39, 0.29) is 5.54 Å². The zero-order valence-electron chi connectivity index (χ0n) is 6.77. The molecule has 3 nitrogen and oxygen atoms in total. The molecule has 1 saturated carbocycles. The number of piperidine rings is 1. The normalized spacial score (nSPS) is 33.3. The predicted molar refractivity (Wildman–Crippen MR) is 43.2 cm³/mol. The number of nitrogens with two attached hydrogens (primary N) is 1. The Labute approximate surface area is 67.0 Å². The molecule has 0 aromatic rings. The Balaban J connectivity index is 2.07. The summed E-state index contributed by atoms with van der Waals surface area (Å²) in [6.45, 7) is 1.82. The van der Waals surface area contributed by atoms with Gasteiger partial charge in [-0.15, -0.1) is 0 Å². The molecule has 0 unspecified atom stereocenters. The smallest absolute Gasteiger partial charge is 0.0850 e. The van der Waals surface area contributed by atoms with E-state index in [2.05, 4.69) is 5.32 Å². The molecule has 1 saturated heterocycles. The zero-order valence-corrected chi connectivity index (χ0v) is 6.77. The molecular weight excluding hydrogens is 140 g/mol. The molecule has 2 aliphatic rings. The van der Waals surface area contributed by atoms with Gasteiger partial charge in [0.25, 0.3) is 0 Å². The highest BCUT2D eigenvalue weighted by atomic mass is 16.3. The van der Waals surface area contributed by atoms with Crippen LogP contribution in [0.15, 0.2) is 0 Å². The van der Waals surface area contributed by atoms with Crippen LogP contribution in [0.4, 0.5) is 0 Å². The molecule has 3 heteroatoms. The van der Waals surface area contributed by atoms with Crippen LogP contribution in [0.25, 0.3) is 0 Å². The van der Waals surface area contributed by atoms with Crippen molar-refractivity contribution in [2.24, 2.45) is 5.73 Å². The molecular formula is C8H16N2O. The summed E-state index contributed by atoms with van der Waals surface area (Å²) in [6, 6.07) is 0. The molecule has 0 radical (unpaired) electrons. The second-order valence-corrected chi connectivity index (χ2v) is 3.94. The molecule has 0 aromatic heterocycles. The molecule has 1 aliphatic heterocycles. The molecule has 0 aromatic carbocycles. The van der Waals surface area contributed by atoms with E-state index in [1.165, 1.54) is 0 Å². The highest BCUT2D eigenvalue weighted by Crippen LogP contribution is 2.46. The Morgan fingerprint density at radius 2 is 1.64 bits per heavy atom. The van der Waals surface area contributed by atoms with Gasteiger partial charge in [-0.3, -0.25) is 0 Å². The van der Waals surface area contributed by atoms with Gasteiger partial charge >= 0.3 is 0 Å². The van der Waals surface area contributed by atoms with Crippen molar-refractivity contribution in [3.8, 4) is 0 Å². The number of nitrogens with one attached hydrogen (secondary N) is 1. The van der Waals surface area contributed by atoms with Crippen molar-refractivity contribution in [1.29, 1.82) is 0 Å². The Hall–Kier alpha value is -0.120. The molecule has 64 valence electrons. The van der Waals surface area contributed by atoms with E-state index in [1.54, 1.807) is 0 Å². The van der Waals surface area contributed by atoms with Crippen LogP contribution in [0.2, 0.25) is 0 Å². The standard InChI is InChI=1S/C8H16N2O/c9-7(1-2-7)8(11)3-5-10-6-4-8/h10-11H,1-6,9H2. The van der Waals surface area contributed by atoms with Gasteiger partial charge in [0.05, 0.1) is 5.60 Å². The lowest BCUT2D eigenvalue weighted by Gasteiger charge is -2.37. The number of hydrogen-bond acceptors (Lipinski definition) is 3. The summed E-state index contributed by atoms with van der Waals surface area (Å²) in [4.78, 5) is 0. The maximum absolute atomic E-state index is 10.1. The second-order valence-electron chi connectivity index (χ2n) is 3.94. The molecule has 0 bridgehead atoms. The lowest BCUT2D eigenvalue weighted by atomic mass is 9.83. The van der Waals surface area contributed by atoms with E-state index in [0.717, 1.165) is 38.8 Å². The summed E-state index contributed by atoms with van der Waals surface area (Å²) < 4.78 is 0. The van der Waals surface area contributed by atoms with Gasteiger partial charge in [-0.1, -0.05) is 0 Å². The Kier molecular flexibility index (Phi) is 1.50. The average Bonchev–Trinajstić information content (AvgIpc) is 2.71. The summed E-state index contributed by atoms with van der Waals surface area (Å²) in [5.74, 6) is 0. The summed E-state index contributed by atoms with van der Waals surface area (Å²) in [5.41, 5.74) is 5.19. The predicted octanol–water partition coefficient (Wildman–Crippen LogP) is -0.408. The van der Waals surface area contributed by atoms with Crippen molar-refractivity contribution >= 4 is 0 Å². The Bertz CT molecular complexity index is 159. The first-order chi connectivity index (χ1) is 5.16. The monoisotopic (exact) mass is 156 g/mol. The third-order valence-corrected chi connectivity index (χ3v) is 3.15. The van der Waals surface area contributed by atoms with Crippen molar-refractivity contribution < 1.29 is 5.11 Å². The van der Waals surface area contributed by atoms with E-state index in [4.69, 9.17) is 5.73 Å². The topological polar surface area (TPSA) is 58.3 Å². The first kappa shape index (κ1) is 7.53. The first-order valence-corrected chi connectivity index (χ1v) is 4.38. The minimum absolute atomic E-state index is 0.227. The molecule has 2 rings (SSSR count). The van der Waals surface area contributed by atoms with Gasteiger partial charge in [0.15, 0.2) is 0 Å². The highest BCUT2D eigenvalue weighted by molar-refractivity contribution is 5.14. The van der Waals surface area contributed by atoms with Crippen LogP contribution in [0.5, 0.6) is 0 Å². The first-order valence-electron chi connectivity index (χ1n) is 4.38. The average molecular weight is 156 g/mol. The fraction of sp³-hybridized carbons (Fsp3) is 1.00. The lowest BCUT2D eigenvalue weighted by Crippen LogP contribution is -2.55. The fourth-order valence-electron chi connectivity index (χ4n) is 1.94. The van der Waals surface area contributed by atoms with E-state index in [0.29, 0.717) is 0 Å². The third-order valence-electron chi connectivity index (χ3n) is 3.15. The summed E-state index contributed by atoms with van der Waals surface area (Å²) in [7, 11) is 0. The fourth-order valence-corrected chi connectivity index (χ4v) is 1.94. The van der Waals surface area contributed by atoms with Gasteiger partial charge in [0, 0.05) is 5.54 Å². The van der Waals surface area contributed by atoms with Crippen LogP contribution in [-0.4, -0.2) is 29.3 Å². The molecule has 2 fully saturated rings. The summed E-state index contributed by atoms with van der Waals surface area (Å²) in [5, 5.41) is 13.3. The van der Waals surface area contributed by atoms with E-state index in [1.807, 2.05) is 0 Å². The maximum atomic E-state index is 10.1. The largest absolute Gasteiger partial charge is 0.388 e. The van der Waals surface area contributed by atoms with Crippen LogP contribution in [0, 0.1) is 0 Å². The zero-order chi connectivity index (χ0) is 7.95. The Morgan fingerprint density at radius 1 is 1.09 bits per heavy atom. The molecule has 1 heterocycles. The minimum atomic E-state index is -0.557. The van der Waals surface area contributed by atoms with Gasteiger partial charge in [-0.05, 0) is 38.8 Å². The molecule has 0 atom stereocenters. The highest BCUT2D eigenvalue weighted by Gasteiger charge is 2.55. The van der Waals surface area contributed by atoms with Gasteiger partial charge in [0.2, 0.25) is 0 Å². The van der Waals surface area contributed by atoms with Gasteiger partial charge in [-0.2, -0.15) is 0 Å². The van der Waals surface area contributed by atoms with Crippen molar-refractivity contribution in [3.05, 3.63) is 0 Å². The van der Waals surface area contributed by atoms with Gasteiger partial charge in [-0.25, -0.2) is 0 Å². The van der Waals surface area contributed by atoms with E-state index < -0.39 is 5.60 Å². The lowest BCUT2D eigenvalue weighted by molar-refractivity contribution is -0.0229. The van der Waals surface area contributed by atoms with Crippen LogP contribution in [0.3, 0.4) is 0 Å². The second kappa shape index (κ2) is 2.19. The SMILES string of the molecule is NC1(C2(O)CCNCC2)CC1. The van der Waals surface area contributed by atoms with Gasteiger partial charge < -0.3 is 16.2 Å². The van der Waals surface area contributed by atoms with Crippen molar-refractivity contribution in [2.45, 2.75) is 36.8 Å². The van der Waals surface area contributed by atoms with Crippen molar-refractivity contribution in [2.75, 3.05) is 13.1 Å². The van der Waals surface area contributed by atoms with Crippen LogP contribution in [-0.2, 0) is 0 Å². The van der Waals surface area contributed by atoms with E-state index >= 15 is 0 Å². The number of rotatable bonds is 1. The van der Waals surface area contributed by atoms with E-state index in [9.17, 15) is 5.11 Å². The summed E-state index contributed by atoms with van der Waals surface area (Å²) >= 11 is 0. The number of hydrogen-bond donors (Lipinski definition) is 3. The molecule has 1 aliphatic carbocycles. The van der Waals surface area contributed by atoms with Crippen molar-refractivity contribution in [3.63, 3.8) is 0 Å². The molecule has 0 amide bonds. The minimum Gasteiger partial charge on any atom is -0.388 e. The summed E-state index contributed by atoms with van der Waals surface area (Å²) in [6.07, 6.45) is 3.65. The maximum Gasteiger partial charge on any atom is 0.0850 e. The third kappa shape index (κ3) is 1.08. The van der Waals surface area contributed by atoms with Crippen LogP contribution in [0.1, 0.15) is 25.7 Å². The quantitative estimate of drug-likeness (QED) is 0.484. The molecule has 4 N–H and O–H groups in total. The van der Waals surface area contributed by atoms with Crippen LogP contribution < -0.4 is 11.1 Å². The molecule has 0 spiro atoms. The van der Waals surface area contributed by atoms with Crippen molar-refractivity contribution in [1.82, 2.24) is 5.32 Å².